The molecule has 0 aromatic heterocycles. The van der Waals surface area contributed by atoms with Gasteiger partial charge in [-0.25, -0.2) is 5.43 Å². The SMILES string of the molecule is CCc1ccc(C=NNC(=O)CN2CCN(Cc3ccc(C)cc3)CC2)cc1. The summed E-state index contributed by atoms with van der Waals surface area (Å²) in [6.07, 6.45) is 2.71. The van der Waals surface area contributed by atoms with Gasteiger partial charge in [0.15, 0.2) is 0 Å². The maximum absolute atomic E-state index is 12.1. The van der Waals surface area contributed by atoms with Crippen LogP contribution in [0.25, 0.3) is 0 Å². The number of hydrogen-bond donors (Lipinski definition) is 1. The summed E-state index contributed by atoms with van der Waals surface area (Å²) in [4.78, 5) is 16.8. The number of nitrogens with zero attached hydrogens (tertiary/aromatic N) is 3. The van der Waals surface area contributed by atoms with Crippen molar-refractivity contribution in [2.75, 3.05) is 32.7 Å². The van der Waals surface area contributed by atoms with Gasteiger partial charge in [0, 0.05) is 32.7 Å². The predicted octanol–water partition coefficient (Wildman–Crippen LogP) is 2.83. The van der Waals surface area contributed by atoms with Crippen LogP contribution in [0.3, 0.4) is 0 Å². The lowest BCUT2D eigenvalue weighted by molar-refractivity contribution is -0.122. The minimum atomic E-state index is -0.0617. The summed E-state index contributed by atoms with van der Waals surface area (Å²) in [5, 5.41) is 4.08. The summed E-state index contributed by atoms with van der Waals surface area (Å²) in [5.74, 6) is -0.0617. The Morgan fingerprint density at radius 2 is 1.57 bits per heavy atom. The fourth-order valence-corrected chi connectivity index (χ4v) is 3.31. The van der Waals surface area contributed by atoms with E-state index in [0.29, 0.717) is 6.54 Å². The van der Waals surface area contributed by atoms with E-state index in [1.54, 1.807) is 6.21 Å². The van der Waals surface area contributed by atoms with Gasteiger partial charge in [-0.1, -0.05) is 61.0 Å². The van der Waals surface area contributed by atoms with E-state index >= 15 is 0 Å². The summed E-state index contributed by atoms with van der Waals surface area (Å²) in [6.45, 7) is 9.38. The molecule has 1 saturated heterocycles. The standard InChI is InChI=1S/C23H30N4O/c1-3-20-8-10-21(11-9-20)16-24-25-23(28)18-27-14-12-26(13-15-27)17-22-6-4-19(2)5-7-22/h4-11,16H,3,12-15,17-18H2,1-2H3,(H,25,28). The fraction of sp³-hybridized carbons (Fsp3) is 0.391. The second-order valence-electron chi connectivity index (χ2n) is 7.43. The molecule has 148 valence electrons. The van der Waals surface area contributed by atoms with Gasteiger partial charge in [-0.3, -0.25) is 14.6 Å². The molecule has 2 aromatic carbocycles. The highest BCUT2D eigenvalue weighted by molar-refractivity contribution is 5.83. The van der Waals surface area contributed by atoms with Gasteiger partial charge in [0.2, 0.25) is 0 Å². The number of hydrogen-bond acceptors (Lipinski definition) is 4. The van der Waals surface area contributed by atoms with E-state index in [1.165, 1.54) is 16.7 Å². The van der Waals surface area contributed by atoms with E-state index in [2.05, 4.69) is 70.6 Å². The van der Waals surface area contributed by atoms with Crippen LogP contribution in [0, 0.1) is 6.92 Å². The average molecular weight is 379 g/mol. The number of carbonyl (C=O) groups excluding carboxylic acids is 1. The van der Waals surface area contributed by atoms with Crippen LogP contribution >= 0.6 is 0 Å². The second kappa shape index (κ2) is 10.2. The molecule has 3 rings (SSSR count). The Morgan fingerprint density at radius 1 is 0.964 bits per heavy atom. The summed E-state index contributed by atoms with van der Waals surface area (Å²) < 4.78 is 0. The lowest BCUT2D eigenvalue weighted by atomic mass is 10.1. The molecule has 0 radical (unpaired) electrons. The third kappa shape index (κ3) is 6.29. The number of aryl methyl sites for hydroxylation is 2. The molecule has 1 aliphatic rings. The first-order valence-electron chi connectivity index (χ1n) is 10.0. The van der Waals surface area contributed by atoms with Gasteiger partial charge >= 0.3 is 0 Å². The third-order valence-corrected chi connectivity index (χ3v) is 5.15. The Bertz CT molecular complexity index is 775. The van der Waals surface area contributed by atoms with Crippen LogP contribution in [-0.4, -0.2) is 54.6 Å². The normalized spacial score (nSPS) is 15.8. The number of carbonyl (C=O) groups is 1. The molecule has 0 spiro atoms. The van der Waals surface area contributed by atoms with Gasteiger partial charge in [0.05, 0.1) is 12.8 Å². The zero-order valence-corrected chi connectivity index (χ0v) is 16.9. The van der Waals surface area contributed by atoms with E-state index in [4.69, 9.17) is 0 Å². The molecule has 0 unspecified atom stereocenters. The maximum Gasteiger partial charge on any atom is 0.254 e. The number of nitrogens with one attached hydrogen (secondary N) is 1. The van der Waals surface area contributed by atoms with Gasteiger partial charge in [-0.15, -0.1) is 0 Å². The molecule has 5 nitrogen and oxygen atoms in total. The topological polar surface area (TPSA) is 47.9 Å². The minimum absolute atomic E-state index is 0.0617. The van der Waals surface area contributed by atoms with E-state index < -0.39 is 0 Å². The lowest BCUT2D eigenvalue weighted by Crippen LogP contribution is -2.48. The number of benzene rings is 2. The first kappa shape index (κ1) is 20.2. The van der Waals surface area contributed by atoms with Crippen molar-refractivity contribution in [3.05, 3.63) is 70.8 Å². The highest BCUT2D eigenvalue weighted by atomic mass is 16.2. The first-order chi connectivity index (χ1) is 13.6. The Kier molecular flexibility index (Phi) is 7.34. The summed E-state index contributed by atoms with van der Waals surface area (Å²) in [7, 11) is 0. The summed E-state index contributed by atoms with van der Waals surface area (Å²) >= 11 is 0. The smallest absolute Gasteiger partial charge is 0.254 e. The van der Waals surface area contributed by atoms with Crippen LogP contribution < -0.4 is 5.43 Å². The molecule has 1 aliphatic heterocycles. The van der Waals surface area contributed by atoms with Gasteiger partial charge in [0.1, 0.15) is 0 Å². The molecule has 1 amide bonds. The van der Waals surface area contributed by atoms with Crippen LogP contribution in [0.5, 0.6) is 0 Å². The highest BCUT2D eigenvalue weighted by Gasteiger charge is 2.18. The van der Waals surface area contributed by atoms with Gasteiger partial charge in [0.25, 0.3) is 5.91 Å². The Hall–Kier alpha value is -2.50. The molecule has 1 N–H and O–H groups in total. The average Bonchev–Trinajstić information content (AvgIpc) is 2.72. The van der Waals surface area contributed by atoms with Gasteiger partial charge in [-0.05, 0) is 30.0 Å². The van der Waals surface area contributed by atoms with Crippen molar-refractivity contribution >= 4 is 12.1 Å². The van der Waals surface area contributed by atoms with Gasteiger partial charge in [-0.2, -0.15) is 5.10 Å². The maximum atomic E-state index is 12.1. The highest BCUT2D eigenvalue weighted by Crippen LogP contribution is 2.09. The molecule has 28 heavy (non-hydrogen) atoms. The van der Waals surface area contributed by atoms with Gasteiger partial charge < -0.3 is 0 Å². The summed E-state index contributed by atoms with van der Waals surface area (Å²) in [5.41, 5.74) is 7.56. The molecule has 0 bridgehead atoms. The summed E-state index contributed by atoms with van der Waals surface area (Å²) in [6, 6.07) is 16.9. The first-order valence-corrected chi connectivity index (χ1v) is 10.0. The van der Waals surface area contributed by atoms with Crippen molar-refractivity contribution in [1.29, 1.82) is 0 Å². The van der Waals surface area contributed by atoms with Crippen molar-refractivity contribution in [2.45, 2.75) is 26.8 Å². The molecule has 5 heteroatoms. The van der Waals surface area contributed by atoms with Crippen molar-refractivity contribution in [1.82, 2.24) is 15.2 Å². The van der Waals surface area contributed by atoms with Crippen LogP contribution in [-0.2, 0) is 17.8 Å². The van der Waals surface area contributed by atoms with E-state index in [-0.39, 0.29) is 5.91 Å². The molecular weight excluding hydrogens is 348 g/mol. The van der Waals surface area contributed by atoms with Crippen LogP contribution in [0.15, 0.2) is 53.6 Å². The lowest BCUT2D eigenvalue weighted by Gasteiger charge is -2.34. The van der Waals surface area contributed by atoms with E-state index in [9.17, 15) is 4.79 Å². The minimum Gasteiger partial charge on any atom is -0.297 e. The number of rotatable bonds is 7. The predicted molar refractivity (Wildman–Crippen MR) is 114 cm³/mol. The molecule has 2 aromatic rings. The molecule has 0 aliphatic carbocycles. The fourth-order valence-electron chi connectivity index (χ4n) is 3.31. The molecule has 1 fully saturated rings. The van der Waals surface area contributed by atoms with Crippen molar-refractivity contribution < 1.29 is 4.79 Å². The molecular formula is C23H30N4O. The zero-order chi connectivity index (χ0) is 19.8. The van der Waals surface area contributed by atoms with E-state index in [1.807, 2.05) is 12.1 Å². The number of hydrazone groups is 1. The molecule has 0 saturated carbocycles. The quantitative estimate of drug-likeness (QED) is 0.595. The van der Waals surface area contributed by atoms with Crippen molar-refractivity contribution in [2.24, 2.45) is 5.10 Å². The molecule has 0 atom stereocenters. The Balaban J connectivity index is 1.37. The second-order valence-corrected chi connectivity index (χ2v) is 7.43. The van der Waals surface area contributed by atoms with E-state index in [0.717, 1.165) is 44.7 Å². The monoisotopic (exact) mass is 378 g/mol. The number of amides is 1. The Labute approximate surface area is 168 Å². The zero-order valence-electron chi connectivity index (χ0n) is 16.9. The van der Waals surface area contributed by atoms with Crippen LogP contribution in [0.2, 0.25) is 0 Å². The molecule has 1 heterocycles. The van der Waals surface area contributed by atoms with Crippen molar-refractivity contribution in [3.63, 3.8) is 0 Å². The van der Waals surface area contributed by atoms with Crippen LogP contribution in [0.4, 0.5) is 0 Å². The number of piperazine rings is 1. The van der Waals surface area contributed by atoms with Crippen LogP contribution in [0.1, 0.15) is 29.2 Å². The van der Waals surface area contributed by atoms with Crippen molar-refractivity contribution in [3.8, 4) is 0 Å². The Morgan fingerprint density at radius 3 is 2.21 bits per heavy atom. The third-order valence-electron chi connectivity index (χ3n) is 5.15. The largest absolute Gasteiger partial charge is 0.297 e.